The largest absolute Gasteiger partial charge is 0.421 e. The number of hydrogen-bond donors (Lipinski definition) is 3. The molecule has 2 rings (SSSR count). The lowest BCUT2D eigenvalue weighted by molar-refractivity contribution is -0.258. The maximum absolute atomic E-state index is 12.9. The Morgan fingerprint density at radius 3 is 2.20 bits per heavy atom. The van der Waals surface area contributed by atoms with Gasteiger partial charge in [-0.2, -0.15) is 13.2 Å². The summed E-state index contributed by atoms with van der Waals surface area (Å²) in [6, 6.07) is 0.735. The molecule has 0 bridgehead atoms. The van der Waals surface area contributed by atoms with Gasteiger partial charge >= 0.3 is 12.2 Å². The van der Waals surface area contributed by atoms with Gasteiger partial charge in [-0.3, -0.25) is 0 Å². The predicted molar refractivity (Wildman–Crippen MR) is 82.2 cm³/mol. The van der Waals surface area contributed by atoms with Crippen LogP contribution in [0.5, 0.6) is 0 Å². The summed E-state index contributed by atoms with van der Waals surface area (Å²) >= 11 is 11.7. The third kappa shape index (κ3) is 4.27. The lowest BCUT2D eigenvalue weighted by Gasteiger charge is -2.27. The normalized spacial score (nSPS) is 21.4. The fraction of sp³-hybridized carbons (Fsp3) is 0.500. The first-order valence-corrected chi connectivity index (χ1v) is 7.72. The predicted octanol–water partition coefficient (Wildman–Crippen LogP) is 4.54. The first kappa shape index (κ1) is 20.0. The van der Waals surface area contributed by atoms with Crippen molar-refractivity contribution in [2.45, 2.75) is 31.0 Å². The third-order valence-electron chi connectivity index (χ3n) is 3.86. The number of hydrogen-bond acceptors (Lipinski definition) is 2. The number of halogens is 7. The van der Waals surface area contributed by atoms with E-state index in [9.17, 15) is 31.9 Å². The molecule has 0 radical (unpaired) electrons. The minimum atomic E-state index is -4.97. The number of carbonyl (C=O) groups is 1. The number of alkyl halides is 5. The van der Waals surface area contributed by atoms with E-state index >= 15 is 0 Å². The Balaban J connectivity index is 2.11. The summed E-state index contributed by atoms with van der Waals surface area (Å²) in [7, 11) is 0. The van der Waals surface area contributed by atoms with Crippen LogP contribution in [0.3, 0.4) is 0 Å². The molecule has 0 heterocycles. The van der Waals surface area contributed by atoms with Gasteiger partial charge in [0.15, 0.2) is 5.60 Å². The molecule has 25 heavy (non-hydrogen) atoms. The fourth-order valence-corrected chi connectivity index (χ4v) is 2.58. The molecule has 4 nitrogen and oxygen atoms in total. The highest BCUT2D eigenvalue weighted by Crippen LogP contribution is 2.48. The van der Waals surface area contributed by atoms with E-state index in [1.54, 1.807) is 0 Å². The van der Waals surface area contributed by atoms with Crippen LogP contribution in [-0.4, -0.2) is 29.8 Å². The van der Waals surface area contributed by atoms with E-state index < -0.39 is 35.2 Å². The Labute approximate surface area is 149 Å². The first-order valence-electron chi connectivity index (χ1n) is 6.97. The SMILES string of the molecule is CC(O)(c1cc(Cl)c(NC(=O)NCC2CC2(F)F)c(Cl)c1)C(F)(F)F. The average Bonchev–Trinajstić information content (AvgIpc) is 3.06. The number of rotatable bonds is 4. The molecular weight excluding hydrogens is 394 g/mol. The molecule has 3 N–H and O–H groups in total. The van der Waals surface area contributed by atoms with Gasteiger partial charge in [0.1, 0.15) is 0 Å². The van der Waals surface area contributed by atoms with Crippen molar-refractivity contribution in [3.63, 3.8) is 0 Å². The van der Waals surface area contributed by atoms with Crippen LogP contribution in [0.2, 0.25) is 10.0 Å². The second-order valence-electron chi connectivity index (χ2n) is 5.88. The number of aliphatic hydroxyl groups is 1. The zero-order valence-corrected chi connectivity index (χ0v) is 14.2. The molecule has 1 aromatic rings. The molecule has 1 aliphatic rings. The molecule has 11 heteroatoms. The van der Waals surface area contributed by atoms with Crippen molar-refractivity contribution in [1.29, 1.82) is 0 Å². The summed E-state index contributed by atoms with van der Waals surface area (Å²) in [5, 5.41) is 13.3. The van der Waals surface area contributed by atoms with Crippen LogP contribution in [0.4, 0.5) is 32.4 Å². The van der Waals surface area contributed by atoms with Crippen molar-refractivity contribution in [3.05, 3.63) is 27.7 Å². The summed E-state index contributed by atoms with van der Waals surface area (Å²) < 4.78 is 64.0. The highest BCUT2D eigenvalue weighted by atomic mass is 35.5. The summed E-state index contributed by atoms with van der Waals surface area (Å²) in [6.45, 7) is 0.263. The maximum Gasteiger partial charge on any atom is 0.421 e. The van der Waals surface area contributed by atoms with E-state index in [0.29, 0.717) is 6.92 Å². The molecule has 1 fully saturated rings. The number of urea groups is 1. The molecule has 1 aromatic carbocycles. The van der Waals surface area contributed by atoms with Gasteiger partial charge in [0.25, 0.3) is 5.92 Å². The molecular formula is C14H13Cl2F5N2O2. The van der Waals surface area contributed by atoms with Gasteiger partial charge in [-0.05, 0) is 24.6 Å². The van der Waals surface area contributed by atoms with E-state index in [0.717, 1.165) is 12.1 Å². The Morgan fingerprint density at radius 2 is 1.80 bits per heavy atom. The van der Waals surface area contributed by atoms with Gasteiger partial charge in [0.05, 0.1) is 15.7 Å². The number of anilines is 1. The van der Waals surface area contributed by atoms with E-state index in [1.165, 1.54) is 0 Å². The van der Waals surface area contributed by atoms with Crippen molar-refractivity contribution >= 4 is 34.9 Å². The monoisotopic (exact) mass is 406 g/mol. The lowest BCUT2D eigenvalue weighted by atomic mass is 9.95. The summed E-state index contributed by atoms with van der Waals surface area (Å²) in [5.74, 6) is -3.75. The van der Waals surface area contributed by atoms with Crippen molar-refractivity contribution in [3.8, 4) is 0 Å². The van der Waals surface area contributed by atoms with Crippen LogP contribution < -0.4 is 10.6 Å². The van der Waals surface area contributed by atoms with Gasteiger partial charge in [-0.15, -0.1) is 0 Å². The van der Waals surface area contributed by atoms with Crippen LogP contribution in [0.25, 0.3) is 0 Å². The van der Waals surface area contributed by atoms with Crippen molar-refractivity contribution in [1.82, 2.24) is 5.32 Å². The van der Waals surface area contributed by atoms with Crippen molar-refractivity contribution in [2.24, 2.45) is 5.92 Å². The molecule has 1 saturated carbocycles. The third-order valence-corrected chi connectivity index (χ3v) is 4.46. The van der Waals surface area contributed by atoms with Crippen LogP contribution in [0.15, 0.2) is 12.1 Å². The van der Waals surface area contributed by atoms with Crippen LogP contribution in [0.1, 0.15) is 18.9 Å². The molecule has 2 unspecified atom stereocenters. The fourth-order valence-electron chi connectivity index (χ4n) is 2.00. The van der Waals surface area contributed by atoms with Gasteiger partial charge in [0, 0.05) is 18.9 Å². The van der Waals surface area contributed by atoms with Gasteiger partial charge in [0.2, 0.25) is 0 Å². The quantitative estimate of drug-likeness (QED) is 0.642. The Kier molecular flexibility index (Phi) is 5.15. The zero-order valence-electron chi connectivity index (χ0n) is 12.6. The molecule has 2 atom stereocenters. The molecule has 0 aromatic heterocycles. The molecule has 0 spiro atoms. The van der Waals surface area contributed by atoms with Gasteiger partial charge in [-0.25, -0.2) is 13.6 Å². The maximum atomic E-state index is 12.9. The highest BCUT2D eigenvalue weighted by molar-refractivity contribution is 6.39. The molecule has 0 aliphatic heterocycles. The second kappa shape index (κ2) is 6.44. The molecule has 140 valence electrons. The van der Waals surface area contributed by atoms with Gasteiger partial charge < -0.3 is 15.7 Å². The minimum Gasteiger partial charge on any atom is -0.376 e. The summed E-state index contributed by atoms with van der Waals surface area (Å²) in [5.41, 5.74) is -4.01. The van der Waals surface area contributed by atoms with E-state index in [-0.39, 0.29) is 28.7 Å². The van der Waals surface area contributed by atoms with Crippen LogP contribution in [-0.2, 0) is 5.60 Å². The molecule has 1 aliphatic carbocycles. The summed E-state index contributed by atoms with van der Waals surface area (Å²) in [6.07, 6.45) is -5.29. The number of amides is 2. The van der Waals surface area contributed by atoms with E-state index in [4.69, 9.17) is 23.2 Å². The first-order chi connectivity index (χ1) is 11.3. The summed E-state index contributed by atoms with van der Waals surface area (Å²) in [4.78, 5) is 11.7. The number of carbonyl (C=O) groups excluding carboxylic acids is 1. The molecule has 0 saturated heterocycles. The topological polar surface area (TPSA) is 61.4 Å². The van der Waals surface area contributed by atoms with Crippen LogP contribution in [0, 0.1) is 5.92 Å². The Morgan fingerprint density at radius 1 is 1.32 bits per heavy atom. The van der Waals surface area contributed by atoms with Crippen molar-refractivity contribution < 1.29 is 31.9 Å². The number of nitrogens with one attached hydrogen (secondary N) is 2. The smallest absolute Gasteiger partial charge is 0.376 e. The average molecular weight is 407 g/mol. The molecule has 2 amide bonds. The Hall–Kier alpha value is -1.32. The lowest BCUT2D eigenvalue weighted by Crippen LogP contribution is -2.39. The van der Waals surface area contributed by atoms with E-state index in [2.05, 4.69) is 10.6 Å². The standard InChI is InChI=1S/C14H13Cl2F5N2O2/c1-12(25,14(19,20)21)6-2-8(15)10(9(16)3-6)23-11(24)22-5-7-4-13(7,17)18/h2-3,7,25H,4-5H2,1H3,(H2,22,23,24). The Bertz CT molecular complexity index is 671. The zero-order chi connectivity index (χ0) is 19.2. The second-order valence-corrected chi connectivity index (χ2v) is 6.70. The van der Waals surface area contributed by atoms with Gasteiger partial charge in [-0.1, -0.05) is 23.2 Å². The highest BCUT2D eigenvalue weighted by Gasteiger charge is 2.56. The van der Waals surface area contributed by atoms with Crippen molar-refractivity contribution in [2.75, 3.05) is 11.9 Å². The number of benzene rings is 1. The van der Waals surface area contributed by atoms with Crippen LogP contribution >= 0.6 is 23.2 Å². The van der Waals surface area contributed by atoms with E-state index in [1.807, 2.05) is 0 Å². The minimum absolute atomic E-state index is 0.204.